The number of hydrogen-bond donors (Lipinski definition) is 1. The number of aryl methyl sites for hydroxylation is 1. The van der Waals surface area contributed by atoms with Crippen LogP contribution in [0.4, 0.5) is 0 Å². The van der Waals surface area contributed by atoms with Crippen LogP contribution in [0.5, 0.6) is 0 Å². The van der Waals surface area contributed by atoms with Gasteiger partial charge in [-0.2, -0.15) is 0 Å². The Morgan fingerprint density at radius 2 is 2.00 bits per heavy atom. The molecule has 19 heavy (non-hydrogen) atoms. The smallest absolute Gasteiger partial charge is 0.305 e. The van der Waals surface area contributed by atoms with Crippen molar-refractivity contribution >= 4 is 11.9 Å². The van der Waals surface area contributed by atoms with Gasteiger partial charge in [-0.3, -0.25) is 9.59 Å². The molecule has 1 aromatic rings. The molecule has 4 nitrogen and oxygen atoms in total. The Labute approximate surface area is 114 Å². The van der Waals surface area contributed by atoms with Crippen molar-refractivity contribution in [3.8, 4) is 0 Å². The lowest BCUT2D eigenvalue weighted by atomic mass is 10.1. The molecule has 0 bridgehead atoms. The van der Waals surface area contributed by atoms with Gasteiger partial charge in [-0.1, -0.05) is 31.5 Å². The normalized spacial score (nSPS) is 10.5. The maximum absolute atomic E-state index is 12.4. The van der Waals surface area contributed by atoms with Gasteiger partial charge in [-0.25, -0.2) is 0 Å². The van der Waals surface area contributed by atoms with Crippen LogP contribution >= 0.6 is 0 Å². The van der Waals surface area contributed by atoms with Crippen molar-refractivity contribution in [2.45, 2.75) is 27.2 Å². The van der Waals surface area contributed by atoms with E-state index in [0.717, 1.165) is 5.56 Å². The summed E-state index contributed by atoms with van der Waals surface area (Å²) in [6, 6.07) is 7.37. The Kier molecular flexibility index (Phi) is 5.55. The van der Waals surface area contributed by atoms with Gasteiger partial charge in [-0.15, -0.1) is 0 Å². The van der Waals surface area contributed by atoms with Gasteiger partial charge in [0.15, 0.2) is 0 Å². The number of hydrogen-bond acceptors (Lipinski definition) is 2. The van der Waals surface area contributed by atoms with Gasteiger partial charge >= 0.3 is 5.97 Å². The molecule has 0 aromatic heterocycles. The van der Waals surface area contributed by atoms with Gasteiger partial charge in [0.05, 0.1) is 6.42 Å². The van der Waals surface area contributed by atoms with E-state index in [2.05, 4.69) is 0 Å². The number of amides is 1. The van der Waals surface area contributed by atoms with E-state index >= 15 is 0 Å². The molecule has 0 saturated carbocycles. The summed E-state index contributed by atoms with van der Waals surface area (Å²) in [7, 11) is 0. The first-order chi connectivity index (χ1) is 8.90. The first-order valence-corrected chi connectivity index (χ1v) is 6.48. The third-order valence-electron chi connectivity index (χ3n) is 2.73. The van der Waals surface area contributed by atoms with Crippen LogP contribution in [-0.4, -0.2) is 35.0 Å². The molecule has 0 aliphatic rings. The average molecular weight is 263 g/mol. The summed E-state index contributed by atoms with van der Waals surface area (Å²) in [5.41, 5.74) is 1.64. The molecule has 1 N–H and O–H groups in total. The molecule has 0 fully saturated rings. The van der Waals surface area contributed by atoms with Crippen molar-refractivity contribution < 1.29 is 14.7 Å². The van der Waals surface area contributed by atoms with Crippen LogP contribution in [0.2, 0.25) is 0 Å². The molecule has 1 aromatic carbocycles. The molecule has 104 valence electrons. The minimum Gasteiger partial charge on any atom is -0.481 e. The van der Waals surface area contributed by atoms with Crippen LogP contribution in [0.25, 0.3) is 0 Å². The van der Waals surface area contributed by atoms with Gasteiger partial charge in [0, 0.05) is 18.7 Å². The zero-order valence-electron chi connectivity index (χ0n) is 11.7. The summed E-state index contributed by atoms with van der Waals surface area (Å²) in [6.07, 6.45) is -0.0235. The average Bonchev–Trinajstić information content (AvgIpc) is 2.33. The van der Waals surface area contributed by atoms with Crippen LogP contribution in [0.3, 0.4) is 0 Å². The zero-order valence-corrected chi connectivity index (χ0v) is 11.7. The minimum absolute atomic E-state index is 0.0235. The van der Waals surface area contributed by atoms with Crippen LogP contribution in [-0.2, 0) is 4.79 Å². The van der Waals surface area contributed by atoms with Crippen molar-refractivity contribution in [3.63, 3.8) is 0 Å². The first kappa shape index (κ1) is 15.2. The molecule has 0 unspecified atom stereocenters. The van der Waals surface area contributed by atoms with E-state index in [9.17, 15) is 9.59 Å². The second-order valence-electron chi connectivity index (χ2n) is 5.16. The topological polar surface area (TPSA) is 57.6 Å². The quantitative estimate of drug-likeness (QED) is 0.858. The number of aliphatic carboxylic acids is 1. The van der Waals surface area contributed by atoms with E-state index in [1.54, 1.807) is 11.0 Å². The summed E-state index contributed by atoms with van der Waals surface area (Å²) in [6.45, 7) is 6.77. The number of benzene rings is 1. The fourth-order valence-corrected chi connectivity index (χ4v) is 1.91. The number of nitrogens with zero attached hydrogens (tertiary/aromatic N) is 1. The molecule has 0 heterocycles. The van der Waals surface area contributed by atoms with E-state index in [0.29, 0.717) is 18.0 Å². The molecule has 4 heteroatoms. The Bertz CT molecular complexity index is 454. The van der Waals surface area contributed by atoms with Gasteiger partial charge in [0.1, 0.15) is 0 Å². The maximum Gasteiger partial charge on any atom is 0.305 e. The standard InChI is InChI=1S/C15H21NO3/c1-11(2)10-16(8-7-14(17)18)15(19)13-6-4-5-12(3)9-13/h4-6,9,11H,7-8,10H2,1-3H3,(H,17,18). The highest BCUT2D eigenvalue weighted by molar-refractivity contribution is 5.94. The van der Waals surface area contributed by atoms with Crippen molar-refractivity contribution in [1.82, 2.24) is 4.90 Å². The van der Waals surface area contributed by atoms with Crippen molar-refractivity contribution in [2.75, 3.05) is 13.1 Å². The Morgan fingerprint density at radius 1 is 1.32 bits per heavy atom. The summed E-state index contributed by atoms with van der Waals surface area (Å²) in [5, 5.41) is 8.75. The highest BCUT2D eigenvalue weighted by Gasteiger charge is 2.17. The second-order valence-corrected chi connectivity index (χ2v) is 5.16. The van der Waals surface area contributed by atoms with Gasteiger partial charge in [0.2, 0.25) is 0 Å². The fourth-order valence-electron chi connectivity index (χ4n) is 1.91. The number of carbonyl (C=O) groups excluding carboxylic acids is 1. The van der Waals surface area contributed by atoms with Crippen LogP contribution in [0.15, 0.2) is 24.3 Å². The van der Waals surface area contributed by atoms with Crippen molar-refractivity contribution in [2.24, 2.45) is 5.92 Å². The molecular weight excluding hydrogens is 242 g/mol. The van der Waals surface area contributed by atoms with Crippen molar-refractivity contribution in [1.29, 1.82) is 0 Å². The Balaban J connectivity index is 2.83. The first-order valence-electron chi connectivity index (χ1n) is 6.48. The summed E-state index contributed by atoms with van der Waals surface area (Å²) in [4.78, 5) is 24.7. The largest absolute Gasteiger partial charge is 0.481 e. The fraction of sp³-hybridized carbons (Fsp3) is 0.467. The van der Waals surface area contributed by atoms with Crippen LogP contribution < -0.4 is 0 Å². The predicted molar refractivity (Wildman–Crippen MR) is 74.2 cm³/mol. The number of carboxylic acid groups (broad SMARTS) is 1. The highest BCUT2D eigenvalue weighted by atomic mass is 16.4. The lowest BCUT2D eigenvalue weighted by Gasteiger charge is -2.24. The molecule has 0 atom stereocenters. The van der Waals surface area contributed by atoms with Gasteiger partial charge in [0.25, 0.3) is 5.91 Å². The minimum atomic E-state index is -0.884. The third kappa shape index (κ3) is 5.12. The predicted octanol–water partition coefficient (Wildman–Crippen LogP) is 2.57. The molecule has 0 spiro atoms. The number of carboxylic acids is 1. The van der Waals surface area contributed by atoms with E-state index in [4.69, 9.17) is 5.11 Å². The van der Waals surface area contributed by atoms with Crippen LogP contribution in [0.1, 0.15) is 36.2 Å². The summed E-state index contributed by atoms with van der Waals surface area (Å²) < 4.78 is 0. The van der Waals surface area contributed by atoms with Gasteiger partial charge < -0.3 is 10.0 Å². The van der Waals surface area contributed by atoms with Gasteiger partial charge in [-0.05, 0) is 25.0 Å². The van der Waals surface area contributed by atoms with Crippen LogP contribution in [0, 0.1) is 12.8 Å². The molecule has 0 radical (unpaired) electrons. The monoisotopic (exact) mass is 263 g/mol. The Morgan fingerprint density at radius 3 is 2.53 bits per heavy atom. The number of rotatable bonds is 6. The lowest BCUT2D eigenvalue weighted by molar-refractivity contribution is -0.137. The third-order valence-corrected chi connectivity index (χ3v) is 2.73. The van der Waals surface area contributed by atoms with E-state index < -0.39 is 5.97 Å². The summed E-state index contributed by atoms with van der Waals surface area (Å²) in [5.74, 6) is -0.674. The Hall–Kier alpha value is -1.84. The van der Waals surface area contributed by atoms with E-state index in [1.807, 2.05) is 39.0 Å². The van der Waals surface area contributed by atoms with Crippen molar-refractivity contribution in [3.05, 3.63) is 35.4 Å². The molecule has 1 amide bonds. The lowest BCUT2D eigenvalue weighted by Crippen LogP contribution is -2.36. The zero-order chi connectivity index (χ0) is 14.4. The molecular formula is C15H21NO3. The second kappa shape index (κ2) is 6.92. The molecule has 1 rings (SSSR count). The summed E-state index contributed by atoms with van der Waals surface area (Å²) >= 11 is 0. The molecule has 0 aliphatic heterocycles. The number of carbonyl (C=O) groups is 2. The maximum atomic E-state index is 12.4. The molecule has 0 saturated heterocycles. The van der Waals surface area contributed by atoms with E-state index in [-0.39, 0.29) is 18.9 Å². The van der Waals surface area contributed by atoms with E-state index in [1.165, 1.54) is 0 Å². The molecule has 0 aliphatic carbocycles. The highest BCUT2D eigenvalue weighted by Crippen LogP contribution is 2.10. The SMILES string of the molecule is Cc1cccc(C(=O)N(CCC(=O)O)CC(C)C)c1.